The van der Waals surface area contributed by atoms with Crippen LogP contribution in [0.15, 0.2) is 11.6 Å². The average Bonchev–Trinajstić information content (AvgIpc) is 2.92. The standard InChI is InChI=1S/C15H26O2/c1-6-14(4,5)15(9-13(15)10-16)8-11(2)7-12(3)17/h7,13,16H,6,8-10H2,1-5H3. The lowest BCUT2D eigenvalue weighted by Crippen LogP contribution is -2.28. The van der Waals surface area contributed by atoms with E-state index in [1.54, 1.807) is 13.0 Å². The first kappa shape index (κ1) is 14.4. The van der Waals surface area contributed by atoms with Gasteiger partial charge in [-0.2, -0.15) is 0 Å². The Hall–Kier alpha value is -0.630. The number of carbonyl (C=O) groups is 1. The maximum absolute atomic E-state index is 11.1. The summed E-state index contributed by atoms with van der Waals surface area (Å²) in [7, 11) is 0. The van der Waals surface area contributed by atoms with E-state index in [9.17, 15) is 9.90 Å². The van der Waals surface area contributed by atoms with Gasteiger partial charge in [0.25, 0.3) is 0 Å². The lowest BCUT2D eigenvalue weighted by Gasteiger charge is -2.35. The molecule has 1 aliphatic rings. The van der Waals surface area contributed by atoms with Crippen LogP contribution in [-0.4, -0.2) is 17.5 Å². The van der Waals surface area contributed by atoms with Crippen LogP contribution < -0.4 is 0 Å². The number of rotatable bonds is 6. The summed E-state index contributed by atoms with van der Waals surface area (Å²) in [6.45, 7) is 10.7. The summed E-state index contributed by atoms with van der Waals surface area (Å²) in [5, 5.41) is 9.41. The van der Waals surface area contributed by atoms with E-state index in [1.165, 1.54) is 0 Å². The summed E-state index contributed by atoms with van der Waals surface area (Å²) in [5.41, 5.74) is 1.58. The molecule has 1 aliphatic carbocycles. The highest BCUT2D eigenvalue weighted by Gasteiger charge is 2.60. The summed E-state index contributed by atoms with van der Waals surface area (Å²) in [4.78, 5) is 11.1. The van der Waals surface area contributed by atoms with Crippen molar-refractivity contribution in [2.45, 2.75) is 53.9 Å². The molecule has 0 bridgehead atoms. The molecule has 98 valence electrons. The molecule has 1 rings (SSSR count). The summed E-state index contributed by atoms with van der Waals surface area (Å²) >= 11 is 0. The minimum Gasteiger partial charge on any atom is -0.396 e. The Kier molecular flexibility index (Phi) is 4.19. The molecular formula is C15H26O2. The molecule has 0 saturated heterocycles. The van der Waals surface area contributed by atoms with E-state index in [-0.39, 0.29) is 23.2 Å². The maximum atomic E-state index is 11.1. The second-order valence-electron chi connectivity index (χ2n) is 6.26. The van der Waals surface area contributed by atoms with Crippen molar-refractivity contribution in [1.82, 2.24) is 0 Å². The smallest absolute Gasteiger partial charge is 0.152 e. The van der Waals surface area contributed by atoms with Gasteiger partial charge in [-0.05, 0) is 49.5 Å². The summed E-state index contributed by atoms with van der Waals surface area (Å²) in [6, 6.07) is 0. The third kappa shape index (κ3) is 2.79. The molecule has 1 N–H and O–H groups in total. The lowest BCUT2D eigenvalue weighted by atomic mass is 9.69. The lowest BCUT2D eigenvalue weighted by molar-refractivity contribution is -0.112. The van der Waals surface area contributed by atoms with Crippen LogP contribution in [0.5, 0.6) is 0 Å². The van der Waals surface area contributed by atoms with Crippen LogP contribution in [-0.2, 0) is 4.79 Å². The van der Waals surface area contributed by atoms with E-state index in [2.05, 4.69) is 20.8 Å². The molecule has 2 heteroatoms. The number of aliphatic hydroxyl groups excluding tert-OH is 1. The Labute approximate surface area is 105 Å². The third-order valence-corrected chi connectivity index (χ3v) is 4.73. The predicted molar refractivity (Wildman–Crippen MR) is 70.8 cm³/mol. The minimum atomic E-state index is 0.119. The number of carbonyl (C=O) groups excluding carboxylic acids is 1. The number of hydrogen-bond acceptors (Lipinski definition) is 2. The van der Waals surface area contributed by atoms with E-state index < -0.39 is 0 Å². The molecule has 1 fully saturated rings. The van der Waals surface area contributed by atoms with Gasteiger partial charge in [0.05, 0.1) is 0 Å². The van der Waals surface area contributed by atoms with E-state index >= 15 is 0 Å². The quantitative estimate of drug-likeness (QED) is 0.721. The first-order chi connectivity index (χ1) is 7.79. The van der Waals surface area contributed by atoms with Crippen LogP contribution in [0.2, 0.25) is 0 Å². The van der Waals surface area contributed by atoms with Gasteiger partial charge in [0, 0.05) is 6.61 Å². The predicted octanol–water partition coefficient (Wildman–Crippen LogP) is 3.35. The highest BCUT2D eigenvalue weighted by atomic mass is 16.3. The van der Waals surface area contributed by atoms with Crippen molar-refractivity contribution in [3.8, 4) is 0 Å². The van der Waals surface area contributed by atoms with Gasteiger partial charge in [-0.1, -0.05) is 32.8 Å². The van der Waals surface area contributed by atoms with Crippen molar-refractivity contribution in [3.63, 3.8) is 0 Å². The van der Waals surface area contributed by atoms with Gasteiger partial charge in [0.15, 0.2) is 5.78 Å². The first-order valence-electron chi connectivity index (χ1n) is 6.57. The Bertz CT molecular complexity index is 328. The van der Waals surface area contributed by atoms with Crippen molar-refractivity contribution in [2.75, 3.05) is 6.61 Å². The number of allylic oxidation sites excluding steroid dienone is 2. The number of aliphatic hydroxyl groups is 1. The van der Waals surface area contributed by atoms with Crippen LogP contribution in [0, 0.1) is 16.7 Å². The summed E-state index contributed by atoms with van der Waals surface area (Å²) in [6.07, 6.45) is 4.88. The molecule has 2 unspecified atom stereocenters. The van der Waals surface area contributed by atoms with Crippen LogP contribution in [0.25, 0.3) is 0 Å². The van der Waals surface area contributed by atoms with Crippen molar-refractivity contribution in [1.29, 1.82) is 0 Å². The molecule has 0 aliphatic heterocycles. The largest absolute Gasteiger partial charge is 0.396 e. The first-order valence-corrected chi connectivity index (χ1v) is 6.57. The number of ketones is 1. The van der Waals surface area contributed by atoms with E-state index in [0.717, 1.165) is 24.8 Å². The van der Waals surface area contributed by atoms with Gasteiger partial charge in [0.1, 0.15) is 0 Å². The third-order valence-electron chi connectivity index (χ3n) is 4.73. The fraction of sp³-hybridized carbons (Fsp3) is 0.800. The highest BCUT2D eigenvalue weighted by molar-refractivity contribution is 5.87. The van der Waals surface area contributed by atoms with Gasteiger partial charge in [-0.3, -0.25) is 4.79 Å². The van der Waals surface area contributed by atoms with Gasteiger partial charge >= 0.3 is 0 Å². The molecule has 0 radical (unpaired) electrons. The maximum Gasteiger partial charge on any atom is 0.152 e. The summed E-state index contributed by atoms with van der Waals surface area (Å²) < 4.78 is 0. The van der Waals surface area contributed by atoms with Crippen LogP contribution in [0.1, 0.15) is 53.9 Å². The molecule has 0 heterocycles. The molecular weight excluding hydrogens is 212 g/mol. The molecule has 1 saturated carbocycles. The number of hydrogen-bond donors (Lipinski definition) is 1. The van der Waals surface area contributed by atoms with Crippen LogP contribution in [0.3, 0.4) is 0 Å². The fourth-order valence-electron chi connectivity index (χ4n) is 3.15. The molecule has 0 aromatic heterocycles. The molecule has 17 heavy (non-hydrogen) atoms. The topological polar surface area (TPSA) is 37.3 Å². The Morgan fingerprint density at radius 1 is 1.47 bits per heavy atom. The SMILES string of the molecule is CCC(C)(C)C1(CC(C)=CC(C)=O)CC1CO. The Balaban J connectivity index is 2.86. The van der Waals surface area contributed by atoms with E-state index in [4.69, 9.17) is 0 Å². The van der Waals surface area contributed by atoms with Gasteiger partial charge < -0.3 is 5.11 Å². The Morgan fingerprint density at radius 3 is 2.41 bits per heavy atom. The van der Waals surface area contributed by atoms with Crippen molar-refractivity contribution >= 4 is 5.78 Å². The van der Waals surface area contributed by atoms with E-state index in [0.29, 0.717) is 5.92 Å². The van der Waals surface area contributed by atoms with Crippen molar-refractivity contribution in [3.05, 3.63) is 11.6 Å². The van der Waals surface area contributed by atoms with Crippen LogP contribution >= 0.6 is 0 Å². The molecule has 2 atom stereocenters. The second kappa shape index (κ2) is 4.93. The van der Waals surface area contributed by atoms with Gasteiger partial charge in [-0.15, -0.1) is 0 Å². The summed E-state index contributed by atoms with van der Waals surface area (Å²) in [5.74, 6) is 0.529. The van der Waals surface area contributed by atoms with Crippen molar-refractivity contribution < 1.29 is 9.90 Å². The minimum absolute atomic E-state index is 0.119. The zero-order valence-electron chi connectivity index (χ0n) is 11.8. The molecule has 0 spiro atoms. The zero-order chi connectivity index (χ0) is 13.3. The zero-order valence-corrected chi connectivity index (χ0v) is 11.8. The van der Waals surface area contributed by atoms with Gasteiger partial charge in [0.2, 0.25) is 0 Å². The molecule has 0 amide bonds. The fourth-order valence-corrected chi connectivity index (χ4v) is 3.15. The normalized spacial score (nSPS) is 29.3. The molecule has 2 nitrogen and oxygen atoms in total. The molecule has 0 aromatic rings. The molecule has 0 aromatic carbocycles. The van der Waals surface area contributed by atoms with E-state index in [1.807, 2.05) is 6.92 Å². The van der Waals surface area contributed by atoms with Crippen LogP contribution in [0.4, 0.5) is 0 Å². The average molecular weight is 238 g/mol. The highest BCUT2D eigenvalue weighted by Crippen LogP contribution is 2.67. The monoisotopic (exact) mass is 238 g/mol. The van der Waals surface area contributed by atoms with Gasteiger partial charge in [-0.25, -0.2) is 0 Å². The second-order valence-corrected chi connectivity index (χ2v) is 6.26. The Morgan fingerprint density at radius 2 is 2.06 bits per heavy atom. The van der Waals surface area contributed by atoms with Crippen molar-refractivity contribution in [2.24, 2.45) is 16.7 Å².